The van der Waals surface area contributed by atoms with E-state index >= 15 is 0 Å². The molecule has 0 radical (unpaired) electrons. The summed E-state index contributed by atoms with van der Waals surface area (Å²) in [7, 11) is -3.89. The van der Waals surface area contributed by atoms with Crippen molar-refractivity contribution in [3.8, 4) is 0 Å². The number of rotatable bonds is 5. The summed E-state index contributed by atoms with van der Waals surface area (Å²) in [5.74, 6) is -0.331. The second-order valence-electron chi connectivity index (χ2n) is 8.83. The molecule has 1 aliphatic rings. The molecule has 1 saturated heterocycles. The van der Waals surface area contributed by atoms with Gasteiger partial charge < -0.3 is 9.80 Å². The molecule has 4 aromatic rings. The number of piperazine rings is 1. The molecule has 0 aliphatic carbocycles. The summed E-state index contributed by atoms with van der Waals surface area (Å²) in [5, 5.41) is 0.724. The number of aromatic nitrogens is 2. The lowest BCUT2D eigenvalue weighted by molar-refractivity contribution is 0.0411. The van der Waals surface area contributed by atoms with Crippen LogP contribution in [0.1, 0.15) is 27.8 Å². The van der Waals surface area contributed by atoms with Crippen molar-refractivity contribution in [1.29, 1.82) is 0 Å². The highest BCUT2D eigenvalue weighted by Gasteiger charge is 2.31. The van der Waals surface area contributed by atoms with Crippen LogP contribution in [-0.2, 0) is 10.0 Å². The molecular formula is C27H25N5O4S. The van der Waals surface area contributed by atoms with Gasteiger partial charge in [0.15, 0.2) is 0 Å². The predicted molar refractivity (Wildman–Crippen MR) is 140 cm³/mol. The van der Waals surface area contributed by atoms with E-state index in [0.717, 1.165) is 5.39 Å². The van der Waals surface area contributed by atoms with Crippen molar-refractivity contribution in [3.63, 3.8) is 0 Å². The summed E-state index contributed by atoms with van der Waals surface area (Å²) >= 11 is 0. The number of anilines is 1. The van der Waals surface area contributed by atoms with Crippen molar-refractivity contribution < 1.29 is 18.0 Å². The van der Waals surface area contributed by atoms with Gasteiger partial charge in [-0.05, 0) is 55.5 Å². The smallest absolute Gasteiger partial charge is 0.272 e. The number of nitrogens with one attached hydrogen (secondary N) is 1. The van der Waals surface area contributed by atoms with Gasteiger partial charge in [-0.1, -0.05) is 24.3 Å². The van der Waals surface area contributed by atoms with Gasteiger partial charge in [0.2, 0.25) is 0 Å². The maximum atomic E-state index is 13.1. The average molecular weight is 516 g/mol. The van der Waals surface area contributed by atoms with Gasteiger partial charge in [-0.15, -0.1) is 0 Å². The molecule has 9 nitrogen and oxygen atoms in total. The van der Waals surface area contributed by atoms with Crippen molar-refractivity contribution in [3.05, 3.63) is 96.4 Å². The highest BCUT2D eigenvalue weighted by atomic mass is 32.2. The van der Waals surface area contributed by atoms with Crippen LogP contribution in [0, 0.1) is 0 Å². The number of sulfonamides is 1. The molecule has 5 rings (SSSR count). The highest BCUT2D eigenvalue weighted by molar-refractivity contribution is 7.93. The molecule has 1 N–H and O–H groups in total. The number of carbonyl (C=O) groups excluding carboxylic acids is 2. The van der Waals surface area contributed by atoms with E-state index in [0.29, 0.717) is 42.1 Å². The molecule has 2 amide bonds. The minimum Gasteiger partial charge on any atom is -0.335 e. The zero-order valence-corrected chi connectivity index (χ0v) is 20.9. The minimum atomic E-state index is -3.89. The largest absolute Gasteiger partial charge is 0.335 e. The summed E-state index contributed by atoms with van der Waals surface area (Å²) in [6.45, 7) is 3.09. The lowest BCUT2D eigenvalue weighted by Crippen LogP contribution is -2.55. The molecule has 0 saturated carbocycles. The first-order valence-corrected chi connectivity index (χ1v) is 13.3. The molecule has 3 heterocycles. The maximum Gasteiger partial charge on any atom is 0.272 e. The van der Waals surface area contributed by atoms with Gasteiger partial charge in [-0.3, -0.25) is 24.3 Å². The van der Waals surface area contributed by atoms with Crippen molar-refractivity contribution in [2.75, 3.05) is 24.4 Å². The van der Waals surface area contributed by atoms with Crippen LogP contribution in [0.3, 0.4) is 0 Å². The number of carbonyl (C=O) groups is 2. The second-order valence-corrected chi connectivity index (χ2v) is 10.5. The number of benzene rings is 2. The average Bonchev–Trinajstić information content (AvgIpc) is 2.92. The fourth-order valence-electron chi connectivity index (χ4n) is 4.45. The van der Waals surface area contributed by atoms with E-state index in [4.69, 9.17) is 0 Å². The van der Waals surface area contributed by atoms with Gasteiger partial charge in [-0.25, -0.2) is 8.42 Å². The summed E-state index contributed by atoms with van der Waals surface area (Å²) < 4.78 is 28.7. The molecule has 2 aromatic carbocycles. The zero-order valence-electron chi connectivity index (χ0n) is 20.1. The third-order valence-electron chi connectivity index (χ3n) is 6.33. The van der Waals surface area contributed by atoms with Crippen LogP contribution in [0.2, 0.25) is 0 Å². The fraction of sp³-hybridized carbons (Fsp3) is 0.185. The normalized spacial score (nSPS) is 16.0. The standard InChI is InChI=1S/C27H25N5O4S/c1-19-18-31(16-17-32(19)27(34)23-8-2-3-14-28-23)26(33)21-10-12-22(13-11-21)30-37(35,36)24-9-4-6-20-7-5-15-29-25(20)24/h2-15,19,30H,16-18H2,1H3/t19-/m0/s1. The SMILES string of the molecule is C[C@H]1CN(C(=O)c2ccc(NS(=O)(=O)c3cccc4cccnc34)cc2)CCN1C(=O)c1ccccn1. The van der Waals surface area contributed by atoms with Crippen LogP contribution in [0.4, 0.5) is 5.69 Å². The molecule has 0 unspecified atom stereocenters. The van der Waals surface area contributed by atoms with Crippen LogP contribution < -0.4 is 4.72 Å². The Hall–Kier alpha value is -4.31. The minimum absolute atomic E-state index is 0.0814. The van der Waals surface area contributed by atoms with Crippen molar-refractivity contribution in [2.45, 2.75) is 17.9 Å². The van der Waals surface area contributed by atoms with Crippen molar-refractivity contribution in [1.82, 2.24) is 19.8 Å². The van der Waals surface area contributed by atoms with Gasteiger partial charge in [0.1, 0.15) is 10.6 Å². The number of hydrogen-bond acceptors (Lipinski definition) is 6. The van der Waals surface area contributed by atoms with Gasteiger partial charge in [0, 0.05) is 54.7 Å². The first-order valence-electron chi connectivity index (χ1n) is 11.8. The lowest BCUT2D eigenvalue weighted by atomic mass is 10.1. The maximum absolute atomic E-state index is 13.1. The van der Waals surface area contributed by atoms with Crippen LogP contribution in [0.25, 0.3) is 10.9 Å². The molecule has 0 spiro atoms. The number of hydrogen-bond donors (Lipinski definition) is 1. The molecule has 10 heteroatoms. The van der Waals surface area contributed by atoms with Crippen LogP contribution in [-0.4, -0.2) is 65.7 Å². The first-order chi connectivity index (χ1) is 17.8. The number of fused-ring (bicyclic) bond motifs is 1. The molecular weight excluding hydrogens is 490 g/mol. The third-order valence-corrected chi connectivity index (χ3v) is 7.74. The number of amides is 2. The molecule has 1 atom stereocenters. The van der Waals surface area contributed by atoms with Gasteiger partial charge in [0.05, 0.1) is 5.52 Å². The van der Waals surface area contributed by atoms with E-state index in [9.17, 15) is 18.0 Å². The first kappa shape index (κ1) is 24.4. The van der Waals surface area contributed by atoms with Gasteiger partial charge >= 0.3 is 0 Å². The van der Waals surface area contributed by atoms with Gasteiger partial charge in [0.25, 0.3) is 21.8 Å². The zero-order chi connectivity index (χ0) is 26.0. The summed E-state index contributed by atoms with van der Waals surface area (Å²) in [6, 6.07) is 19.9. The Bertz CT molecular complexity index is 1550. The quantitative estimate of drug-likeness (QED) is 0.436. The summed E-state index contributed by atoms with van der Waals surface area (Å²) in [6.07, 6.45) is 3.14. The Morgan fingerprint density at radius 3 is 2.35 bits per heavy atom. The fourth-order valence-corrected chi connectivity index (χ4v) is 5.69. The second kappa shape index (κ2) is 9.98. The molecule has 188 valence electrons. The monoisotopic (exact) mass is 515 g/mol. The number of pyridine rings is 2. The van der Waals surface area contributed by atoms with Crippen LogP contribution >= 0.6 is 0 Å². The van der Waals surface area contributed by atoms with E-state index in [2.05, 4.69) is 14.7 Å². The Kier molecular flexibility index (Phi) is 6.58. The van der Waals surface area contributed by atoms with E-state index in [1.807, 2.05) is 6.92 Å². The molecule has 0 bridgehead atoms. The third kappa shape index (κ3) is 5.01. The van der Waals surface area contributed by atoms with E-state index < -0.39 is 10.0 Å². The lowest BCUT2D eigenvalue weighted by Gasteiger charge is -2.39. The number of para-hydroxylation sites is 1. The van der Waals surface area contributed by atoms with E-state index in [1.54, 1.807) is 88.9 Å². The predicted octanol–water partition coefficient (Wildman–Crippen LogP) is 3.42. The molecule has 37 heavy (non-hydrogen) atoms. The number of nitrogens with zero attached hydrogens (tertiary/aromatic N) is 4. The van der Waals surface area contributed by atoms with E-state index in [-0.39, 0.29) is 22.8 Å². The summed E-state index contributed by atoms with van der Waals surface area (Å²) in [4.78, 5) is 37.8. The Morgan fingerprint density at radius 2 is 1.62 bits per heavy atom. The van der Waals surface area contributed by atoms with Crippen LogP contribution in [0.15, 0.2) is 90.1 Å². The Labute approximate surface area is 214 Å². The summed E-state index contributed by atoms with van der Waals surface area (Å²) in [5.41, 5.74) is 1.54. The Morgan fingerprint density at radius 1 is 0.865 bits per heavy atom. The van der Waals surface area contributed by atoms with Gasteiger partial charge in [-0.2, -0.15) is 0 Å². The molecule has 1 fully saturated rings. The van der Waals surface area contributed by atoms with Crippen molar-refractivity contribution in [2.24, 2.45) is 0 Å². The molecule has 2 aromatic heterocycles. The van der Waals surface area contributed by atoms with Crippen LogP contribution in [0.5, 0.6) is 0 Å². The molecule has 1 aliphatic heterocycles. The topological polar surface area (TPSA) is 113 Å². The highest BCUT2D eigenvalue weighted by Crippen LogP contribution is 2.24. The Balaban J connectivity index is 1.26. The van der Waals surface area contributed by atoms with Crippen molar-refractivity contribution >= 4 is 38.4 Å². The van der Waals surface area contributed by atoms with E-state index in [1.165, 1.54) is 6.07 Å².